The highest BCUT2D eigenvalue weighted by atomic mass is 19.4. The van der Waals surface area contributed by atoms with Crippen LogP contribution in [0.2, 0.25) is 0 Å². The van der Waals surface area contributed by atoms with Gasteiger partial charge in [-0.15, -0.1) is 0 Å². The fourth-order valence-electron chi connectivity index (χ4n) is 2.52. The maximum atomic E-state index is 12.3. The summed E-state index contributed by atoms with van der Waals surface area (Å²) >= 11 is 0. The lowest BCUT2D eigenvalue weighted by Gasteiger charge is -2.29. The average molecular weight is 342 g/mol. The Kier molecular flexibility index (Phi) is 6.05. The SMILES string of the molecule is CN=C(NCCC(F)(F)F)NCC(=O)N1CCc2ccccc2C1. The van der Waals surface area contributed by atoms with Gasteiger partial charge in [0.05, 0.1) is 13.0 Å². The Morgan fingerprint density at radius 3 is 2.62 bits per heavy atom. The lowest BCUT2D eigenvalue weighted by atomic mass is 10.00. The second-order valence-electron chi connectivity index (χ2n) is 5.55. The lowest BCUT2D eigenvalue weighted by Crippen LogP contribution is -2.46. The molecule has 0 radical (unpaired) electrons. The van der Waals surface area contributed by atoms with Crippen molar-refractivity contribution in [3.05, 3.63) is 35.4 Å². The minimum absolute atomic E-state index is 0.00609. The van der Waals surface area contributed by atoms with Crippen molar-refractivity contribution in [1.82, 2.24) is 15.5 Å². The number of halogens is 3. The topological polar surface area (TPSA) is 56.7 Å². The van der Waals surface area contributed by atoms with E-state index in [-0.39, 0.29) is 25.0 Å². The highest BCUT2D eigenvalue weighted by Gasteiger charge is 2.26. The molecule has 0 spiro atoms. The van der Waals surface area contributed by atoms with Gasteiger partial charge in [-0.1, -0.05) is 24.3 Å². The van der Waals surface area contributed by atoms with Crippen LogP contribution in [0.25, 0.3) is 0 Å². The number of guanidine groups is 1. The summed E-state index contributed by atoms with van der Waals surface area (Å²) in [7, 11) is 1.45. The second-order valence-corrected chi connectivity index (χ2v) is 5.55. The van der Waals surface area contributed by atoms with Crippen molar-refractivity contribution < 1.29 is 18.0 Å². The van der Waals surface area contributed by atoms with Crippen LogP contribution < -0.4 is 10.6 Å². The van der Waals surface area contributed by atoms with Crippen LogP contribution in [0.4, 0.5) is 13.2 Å². The first kappa shape index (κ1) is 18.1. The van der Waals surface area contributed by atoms with Crippen LogP contribution in [-0.4, -0.2) is 49.6 Å². The first-order valence-electron chi connectivity index (χ1n) is 7.75. The van der Waals surface area contributed by atoms with Gasteiger partial charge in [-0.25, -0.2) is 0 Å². The summed E-state index contributed by atoms with van der Waals surface area (Å²) in [6.45, 7) is 0.900. The molecule has 1 heterocycles. The molecule has 1 aliphatic rings. The van der Waals surface area contributed by atoms with Crippen LogP contribution >= 0.6 is 0 Å². The van der Waals surface area contributed by atoms with Crippen LogP contribution in [0.1, 0.15) is 17.5 Å². The Morgan fingerprint density at radius 2 is 1.96 bits per heavy atom. The minimum Gasteiger partial charge on any atom is -0.356 e. The molecule has 132 valence electrons. The van der Waals surface area contributed by atoms with Crippen molar-refractivity contribution in [2.24, 2.45) is 4.99 Å². The van der Waals surface area contributed by atoms with E-state index in [1.54, 1.807) is 4.90 Å². The maximum Gasteiger partial charge on any atom is 0.390 e. The normalized spacial score (nSPS) is 15.0. The predicted octanol–water partition coefficient (Wildman–Crippen LogP) is 1.69. The van der Waals surface area contributed by atoms with Crippen molar-refractivity contribution in [2.75, 3.05) is 26.7 Å². The van der Waals surface area contributed by atoms with E-state index in [0.717, 1.165) is 12.0 Å². The molecule has 0 aliphatic carbocycles. The number of benzene rings is 1. The Hall–Kier alpha value is -2.25. The summed E-state index contributed by atoms with van der Waals surface area (Å²) in [5, 5.41) is 5.31. The van der Waals surface area contributed by atoms with Crippen LogP contribution in [-0.2, 0) is 17.8 Å². The standard InChI is InChI=1S/C16H21F3N4O/c1-20-15(21-8-7-16(17,18)19)22-10-14(24)23-9-6-12-4-2-3-5-13(12)11-23/h2-5H,6-11H2,1H3,(H2,20,21,22). The Balaban J connectivity index is 1.78. The molecule has 24 heavy (non-hydrogen) atoms. The summed E-state index contributed by atoms with van der Waals surface area (Å²) in [6.07, 6.45) is -4.37. The van der Waals surface area contributed by atoms with E-state index in [1.807, 2.05) is 18.2 Å². The zero-order valence-electron chi connectivity index (χ0n) is 13.5. The van der Waals surface area contributed by atoms with E-state index < -0.39 is 12.6 Å². The largest absolute Gasteiger partial charge is 0.390 e. The van der Waals surface area contributed by atoms with Gasteiger partial charge in [-0.05, 0) is 17.5 Å². The third-order valence-corrected chi connectivity index (χ3v) is 3.81. The van der Waals surface area contributed by atoms with Gasteiger partial charge in [-0.2, -0.15) is 13.2 Å². The van der Waals surface area contributed by atoms with Gasteiger partial charge in [0.25, 0.3) is 0 Å². The monoisotopic (exact) mass is 342 g/mol. The number of nitrogens with one attached hydrogen (secondary N) is 2. The molecule has 2 rings (SSSR count). The van der Waals surface area contributed by atoms with Gasteiger partial charge in [0.15, 0.2) is 5.96 Å². The Bertz CT molecular complexity index is 601. The number of fused-ring (bicyclic) bond motifs is 1. The van der Waals surface area contributed by atoms with Crippen molar-refractivity contribution in [3.63, 3.8) is 0 Å². The highest BCUT2D eigenvalue weighted by molar-refractivity contribution is 5.86. The van der Waals surface area contributed by atoms with E-state index in [9.17, 15) is 18.0 Å². The molecule has 1 aliphatic heterocycles. The zero-order valence-corrected chi connectivity index (χ0v) is 13.5. The Morgan fingerprint density at radius 1 is 1.25 bits per heavy atom. The molecule has 8 heteroatoms. The van der Waals surface area contributed by atoms with Crippen molar-refractivity contribution >= 4 is 11.9 Å². The fourth-order valence-corrected chi connectivity index (χ4v) is 2.52. The minimum atomic E-state index is -4.22. The molecule has 0 aromatic heterocycles. The van der Waals surface area contributed by atoms with Crippen molar-refractivity contribution in [2.45, 2.75) is 25.6 Å². The van der Waals surface area contributed by atoms with E-state index in [4.69, 9.17) is 0 Å². The van der Waals surface area contributed by atoms with Crippen molar-refractivity contribution in [1.29, 1.82) is 0 Å². The quantitative estimate of drug-likeness (QED) is 0.647. The molecule has 0 unspecified atom stereocenters. The van der Waals surface area contributed by atoms with Crippen LogP contribution in [0.3, 0.4) is 0 Å². The maximum absolute atomic E-state index is 12.3. The molecule has 1 aromatic rings. The highest BCUT2D eigenvalue weighted by Crippen LogP contribution is 2.19. The summed E-state index contributed by atoms with van der Waals surface area (Å²) in [4.78, 5) is 17.8. The summed E-state index contributed by atoms with van der Waals surface area (Å²) in [5.41, 5.74) is 2.38. The molecule has 0 atom stereocenters. The molecule has 0 bridgehead atoms. The number of amides is 1. The molecule has 1 aromatic carbocycles. The van der Waals surface area contributed by atoms with Gasteiger partial charge in [-0.3, -0.25) is 9.79 Å². The lowest BCUT2D eigenvalue weighted by molar-refractivity contribution is -0.133. The molecule has 2 N–H and O–H groups in total. The first-order valence-corrected chi connectivity index (χ1v) is 7.75. The summed E-state index contributed by atoms with van der Waals surface area (Å²) in [5.74, 6) is 0.0771. The number of nitrogens with zero attached hydrogens (tertiary/aromatic N) is 2. The first-order chi connectivity index (χ1) is 11.4. The molecule has 0 saturated carbocycles. The predicted molar refractivity (Wildman–Crippen MR) is 85.6 cm³/mol. The zero-order chi connectivity index (χ0) is 17.6. The third kappa shape index (κ3) is 5.43. The number of carbonyl (C=O) groups excluding carboxylic acids is 1. The van der Waals surface area contributed by atoms with Gasteiger partial charge in [0.2, 0.25) is 5.91 Å². The van der Waals surface area contributed by atoms with Crippen molar-refractivity contribution in [3.8, 4) is 0 Å². The number of carbonyl (C=O) groups is 1. The molecule has 1 amide bonds. The fraction of sp³-hybridized carbons (Fsp3) is 0.500. The van der Waals surface area contributed by atoms with Crippen LogP contribution in [0.15, 0.2) is 29.3 Å². The van der Waals surface area contributed by atoms with Gasteiger partial charge < -0.3 is 15.5 Å². The van der Waals surface area contributed by atoms with E-state index in [2.05, 4.69) is 21.7 Å². The number of aliphatic imine (C=N–C) groups is 1. The van der Waals surface area contributed by atoms with E-state index >= 15 is 0 Å². The summed E-state index contributed by atoms with van der Waals surface area (Å²) in [6, 6.07) is 7.98. The smallest absolute Gasteiger partial charge is 0.356 e. The number of hydrogen-bond donors (Lipinski definition) is 2. The third-order valence-electron chi connectivity index (χ3n) is 3.81. The molecule has 5 nitrogen and oxygen atoms in total. The Labute approximate surface area is 138 Å². The molecular weight excluding hydrogens is 321 g/mol. The van der Waals surface area contributed by atoms with Crippen LogP contribution in [0.5, 0.6) is 0 Å². The van der Waals surface area contributed by atoms with Gasteiger partial charge in [0.1, 0.15) is 0 Å². The number of hydrogen-bond acceptors (Lipinski definition) is 2. The van der Waals surface area contributed by atoms with Gasteiger partial charge in [0, 0.05) is 26.7 Å². The average Bonchev–Trinajstić information content (AvgIpc) is 2.56. The number of alkyl halides is 3. The molecular formula is C16H21F3N4O. The van der Waals surface area contributed by atoms with Crippen LogP contribution in [0, 0.1) is 0 Å². The molecule has 0 fully saturated rings. The second kappa shape index (κ2) is 8.03. The summed E-state index contributed by atoms with van der Waals surface area (Å²) < 4.78 is 36.4. The number of rotatable bonds is 4. The van der Waals surface area contributed by atoms with E-state index in [1.165, 1.54) is 12.6 Å². The molecule has 0 saturated heterocycles. The van der Waals surface area contributed by atoms with Gasteiger partial charge >= 0.3 is 6.18 Å². The van der Waals surface area contributed by atoms with E-state index in [0.29, 0.717) is 13.1 Å².